The van der Waals surface area contributed by atoms with Crippen molar-refractivity contribution in [2.45, 2.75) is 39.7 Å². The molecule has 1 aromatic carbocycles. The fourth-order valence-corrected chi connectivity index (χ4v) is 3.07. The SMILES string of the molecule is CCCCN(C)C(=O)CCN(Cc1ccccc1C)S(C)(=O)=O. The van der Waals surface area contributed by atoms with Crippen LogP contribution in [0.25, 0.3) is 0 Å². The molecule has 0 N–H and O–H groups in total. The Labute approximate surface area is 140 Å². The number of benzene rings is 1. The molecule has 1 rings (SSSR count). The Hall–Kier alpha value is -1.40. The van der Waals surface area contributed by atoms with E-state index in [0.717, 1.165) is 24.0 Å². The highest BCUT2D eigenvalue weighted by atomic mass is 32.2. The van der Waals surface area contributed by atoms with E-state index in [1.54, 1.807) is 11.9 Å². The van der Waals surface area contributed by atoms with Crippen molar-refractivity contribution in [1.82, 2.24) is 9.21 Å². The number of aryl methyl sites for hydroxylation is 1. The summed E-state index contributed by atoms with van der Waals surface area (Å²) in [5, 5.41) is 0. The van der Waals surface area contributed by atoms with Crippen LogP contribution in [0.3, 0.4) is 0 Å². The number of hydrogen-bond acceptors (Lipinski definition) is 3. The van der Waals surface area contributed by atoms with E-state index in [0.29, 0.717) is 13.1 Å². The molecule has 0 fully saturated rings. The van der Waals surface area contributed by atoms with Crippen molar-refractivity contribution < 1.29 is 13.2 Å². The van der Waals surface area contributed by atoms with Crippen molar-refractivity contribution >= 4 is 15.9 Å². The van der Waals surface area contributed by atoms with Crippen molar-refractivity contribution in [3.8, 4) is 0 Å². The van der Waals surface area contributed by atoms with Crippen LogP contribution >= 0.6 is 0 Å². The second-order valence-corrected chi connectivity index (χ2v) is 7.92. The zero-order valence-corrected chi connectivity index (χ0v) is 15.4. The van der Waals surface area contributed by atoms with Gasteiger partial charge in [0, 0.05) is 33.1 Å². The molecule has 5 nitrogen and oxygen atoms in total. The number of nitrogens with zero attached hydrogens (tertiary/aromatic N) is 2. The van der Waals surface area contributed by atoms with E-state index in [1.165, 1.54) is 10.6 Å². The molecule has 0 radical (unpaired) electrons. The Bertz CT molecular complexity index is 614. The fraction of sp³-hybridized carbons (Fsp3) is 0.588. The standard InChI is InChI=1S/C17H28N2O3S/c1-5-6-12-18(3)17(20)11-13-19(23(4,21)22)14-16-10-8-7-9-15(16)2/h7-10H,5-6,11-14H2,1-4H3. The number of sulfonamides is 1. The number of rotatable bonds is 9. The molecule has 0 aliphatic rings. The Morgan fingerprint density at radius 3 is 2.39 bits per heavy atom. The predicted octanol–water partition coefficient (Wildman–Crippen LogP) is 2.41. The summed E-state index contributed by atoms with van der Waals surface area (Å²) < 4.78 is 25.4. The van der Waals surface area contributed by atoms with Gasteiger partial charge in [0.2, 0.25) is 15.9 Å². The molecule has 0 saturated heterocycles. The highest BCUT2D eigenvalue weighted by Crippen LogP contribution is 2.13. The zero-order chi connectivity index (χ0) is 17.5. The Morgan fingerprint density at radius 2 is 1.83 bits per heavy atom. The maximum Gasteiger partial charge on any atom is 0.223 e. The molecule has 0 aliphatic heterocycles. The van der Waals surface area contributed by atoms with E-state index in [-0.39, 0.29) is 18.9 Å². The smallest absolute Gasteiger partial charge is 0.223 e. The van der Waals surface area contributed by atoms with Crippen LogP contribution in [0.15, 0.2) is 24.3 Å². The lowest BCUT2D eigenvalue weighted by atomic mass is 10.1. The molecule has 0 heterocycles. The minimum Gasteiger partial charge on any atom is -0.346 e. The summed E-state index contributed by atoms with van der Waals surface area (Å²) in [6.45, 7) is 5.26. The molecule has 1 aromatic rings. The van der Waals surface area contributed by atoms with Crippen LogP contribution in [0.1, 0.15) is 37.3 Å². The maximum atomic E-state index is 12.1. The van der Waals surface area contributed by atoms with Crippen molar-refractivity contribution in [3.63, 3.8) is 0 Å². The number of carbonyl (C=O) groups is 1. The topological polar surface area (TPSA) is 57.7 Å². The fourth-order valence-electron chi connectivity index (χ4n) is 2.27. The van der Waals surface area contributed by atoms with Gasteiger partial charge in [0.1, 0.15) is 0 Å². The zero-order valence-electron chi connectivity index (χ0n) is 14.6. The van der Waals surface area contributed by atoms with Crippen LogP contribution in [-0.4, -0.2) is 49.9 Å². The summed E-state index contributed by atoms with van der Waals surface area (Å²) in [6, 6.07) is 7.70. The molecule has 0 saturated carbocycles. The second-order valence-electron chi connectivity index (χ2n) is 5.94. The van der Waals surface area contributed by atoms with Gasteiger partial charge >= 0.3 is 0 Å². The highest BCUT2D eigenvalue weighted by Gasteiger charge is 2.20. The maximum absolute atomic E-state index is 12.1. The molecule has 23 heavy (non-hydrogen) atoms. The molecule has 0 unspecified atom stereocenters. The van der Waals surface area contributed by atoms with Crippen LogP contribution in [0, 0.1) is 6.92 Å². The molecule has 6 heteroatoms. The highest BCUT2D eigenvalue weighted by molar-refractivity contribution is 7.88. The van der Waals surface area contributed by atoms with E-state index in [9.17, 15) is 13.2 Å². The average molecular weight is 340 g/mol. The summed E-state index contributed by atoms with van der Waals surface area (Å²) in [5.74, 6) is -0.0168. The molecule has 0 aliphatic carbocycles. The van der Waals surface area contributed by atoms with E-state index >= 15 is 0 Å². The number of amides is 1. The third kappa shape index (κ3) is 6.71. The van der Waals surface area contributed by atoms with Crippen molar-refractivity contribution in [3.05, 3.63) is 35.4 Å². The second kappa shape index (κ2) is 9.03. The third-order valence-electron chi connectivity index (χ3n) is 3.92. The minimum absolute atomic E-state index is 0.0168. The van der Waals surface area contributed by atoms with Gasteiger partial charge in [-0.1, -0.05) is 37.6 Å². The van der Waals surface area contributed by atoms with Crippen LogP contribution in [0.5, 0.6) is 0 Å². The van der Waals surface area contributed by atoms with Gasteiger partial charge in [-0.3, -0.25) is 4.79 Å². The molecule has 130 valence electrons. The lowest BCUT2D eigenvalue weighted by Crippen LogP contribution is -2.35. The quantitative estimate of drug-likeness (QED) is 0.693. The van der Waals surface area contributed by atoms with E-state index < -0.39 is 10.0 Å². The lowest BCUT2D eigenvalue weighted by molar-refractivity contribution is -0.130. The van der Waals surface area contributed by atoms with Crippen LogP contribution in [0.4, 0.5) is 0 Å². The molecule has 0 atom stereocenters. The first-order valence-electron chi connectivity index (χ1n) is 7.99. The minimum atomic E-state index is -3.36. The van der Waals surface area contributed by atoms with Gasteiger partial charge < -0.3 is 4.90 Å². The van der Waals surface area contributed by atoms with Crippen LogP contribution in [0.2, 0.25) is 0 Å². The van der Waals surface area contributed by atoms with Gasteiger partial charge in [-0.05, 0) is 24.5 Å². The van der Waals surface area contributed by atoms with Crippen LogP contribution in [-0.2, 0) is 21.4 Å². The number of carbonyl (C=O) groups excluding carboxylic acids is 1. The third-order valence-corrected chi connectivity index (χ3v) is 5.17. The first-order chi connectivity index (χ1) is 10.8. The summed E-state index contributed by atoms with van der Waals surface area (Å²) in [6.07, 6.45) is 3.39. The summed E-state index contributed by atoms with van der Waals surface area (Å²) in [7, 11) is -1.59. The van der Waals surface area contributed by atoms with Crippen LogP contribution < -0.4 is 0 Å². The molecular weight excluding hydrogens is 312 g/mol. The largest absolute Gasteiger partial charge is 0.346 e. The van der Waals surface area contributed by atoms with Gasteiger partial charge in [-0.2, -0.15) is 4.31 Å². The molecule has 0 aromatic heterocycles. The van der Waals surface area contributed by atoms with E-state index in [2.05, 4.69) is 6.92 Å². The van der Waals surface area contributed by atoms with E-state index in [1.807, 2.05) is 31.2 Å². The molecule has 0 spiro atoms. The first-order valence-corrected chi connectivity index (χ1v) is 9.84. The Kier molecular flexibility index (Phi) is 7.72. The molecule has 1 amide bonds. The van der Waals surface area contributed by atoms with Crippen molar-refractivity contribution in [2.75, 3.05) is 26.4 Å². The van der Waals surface area contributed by atoms with Gasteiger partial charge in [-0.15, -0.1) is 0 Å². The average Bonchev–Trinajstić information content (AvgIpc) is 2.49. The predicted molar refractivity (Wildman–Crippen MR) is 93.6 cm³/mol. The van der Waals surface area contributed by atoms with Gasteiger partial charge in [0.25, 0.3) is 0 Å². The normalized spacial score (nSPS) is 11.7. The lowest BCUT2D eigenvalue weighted by Gasteiger charge is -2.23. The number of unbranched alkanes of at least 4 members (excludes halogenated alkanes) is 1. The molecule has 0 bridgehead atoms. The first kappa shape index (κ1) is 19.6. The summed E-state index contributed by atoms with van der Waals surface area (Å²) in [4.78, 5) is 13.8. The van der Waals surface area contributed by atoms with Crippen molar-refractivity contribution in [2.24, 2.45) is 0 Å². The van der Waals surface area contributed by atoms with Gasteiger partial charge in [0.05, 0.1) is 6.26 Å². The van der Waals surface area contributed by atoms with Gasteiger partial charge in [0.15, 0.2) is 0 Å². The summed E-state index contributed by atoms with van der Waals surface area (Å²) >= 11 is 0. The molecular formula is C17H28N2O3S. The van der Waals surface area contributed by atoms with Crippen molar-refractivity contribution in [1.29, 1.82) is 0 Å². The van der Waals surface area contributed by atoms with E-state index in [4.69, 9.17) is 0 Å². The monoisotopic (exact) mass is 340 g/mol. The van der Waals surface area contributed by atoms with Gasteiger partial charge in [-0.25, -0.2) is 8.42 Å². The summed E-state index contributed by atoms with van der Waals surface area (Å²) in [5.41, 5.74) is 2.01. The Morgan fingerprint density at radius 1 is 1.17 bits per heavy atom. The number of hydrogen-bond donors (Lipinski definition) is 0. The Balaban J connectivity index is 2.70.